The number of piperidine rings is 1. The molecule has 5 heteroatoms. The minimum Gasteiger partial charge on any atom is -0.371 e. The maximum Gasteiger partial charge on any atom is 0.147 e. The molecule has 0 unspecified atom stereocenters. The van der Waals surface area contributed by atoms with Gasteiger partial charge in [-0.15, -0.1) is 0 Å². The Hall–Kier alpha value is -3.47. The van der Waals surface area contributed by atoms with Crippen LogP contribution in [0.3, 0.4) is 0 Å². The van der Waals surface area contributed by atoms with E-state index in [4.69, 9.17) is 9.51 Å². The molecule has 0 N–H and O–H groups in total. The molecule has 2 fully saturated rings. The lowest BCUT2D eigenvalue weighted by Gasteiger charge is -2.47. The molecule has 1 saturated carbocycles. The van der Waals surface area contributed by atoms with E-state index in [1.54, 1.807) is 12.1 Å². The molecule has 2 aliphatic carbocycles. The molecule has 2 aromatic heterocycles. The summed E-state index contributed by atoms with van der Waals surface area (Å²) in [6.07, 6.45) is 8.19. The van der Waals surface area contributed by atoms with Crippen LogP contribution >= 0.6 is 0 Å². The summed E-state index contributed by atoms with van der Waals surface area (Å²) in [7, 11) is 0. The highest BCUT2D eigenvalue weighted by molar-refractivity contribution is 5.87. The van der Waals surface area contributed by atoms with E-state index in [1.807, 2.05) is 13.8 Å². The van der Waals surface area contributed by atoms with Crippen LogP contribution in [-0.4, -0.2) is 23.2 Å². The molecular formula is C33H34FN3O. The quantitative estimate of drug-likeness (QED) is 0.279. The molecule has 4 nitrogen and oxygen atoms in total. The number of benzene rings is 2. The van der Waals surface area contributed by atoms with E-state index < -0.39 is 0 Å². The highest BCUT2D eigenvalue weighted by atomic mass is 19.1. The van der Waals surface area contributed by atoms with Crippen molar-refractivity contribution in [1.29, 1.82) is 0 Å². The van der Waals surface area contributed by atoms with Crippen LogP contribution in [0, 0.1) is 38.9 Å². The third-order valence-corrected chi connectivity index (χ3v) is 9.00. The molecule has 1 spiro atoms. The number of pyridine rings is 1. The van der Waals surface area contributed by atoms with E-state index in [0.717, 1.165) is 84.5 Å². The normalized spacial score (nSPS) is 18.7. The van der Waals surface area contributed by atoms with Crippen LogP contribution in [-0.2, 0) is 0 Å². The summed E-state index contributed by atoms with van der Waals surface area (Å²) in [6, 6.07) is 12.1. The molecule has 0 bridgehead atoms. The van der Waals surface area contributed by atoms with Gasteiger partial charge in [0, 0.05) is 46.9 Å². The first-order valence-corrected chi connectivity index (χ1v) is 13.9. The monoisotopic (exact) mass is 507 g/mol. The summed E-state index contributed by atoms with van der Waals surface area (Å²) in [5.74, 6) is 1.32. The van der Waals surface area contributed by atoms with Crippen molar-refractivity contribution >= 4 is 22.2 Å². The molecule has 0 radical (unpaired) electrons. The fourth-order valence-corrected chi connectivity index (χ4v) is 6.85. The molecule has 4 aromatic rings. The van der Waals surface area contributed by atoms with Gasteiger partial charge >= 0.3 is 0 Å². The van der Waals surface area contributed by atoms with E-state index >= 15 is 0 Å². The van der Waals surface area contributed by atoms with Crippen LogP contribution in [0.1, 0.15) is 71.7 Å². The van der Waals surface area contributed by atoms with Crippen LogP contribution in [0.4, 0.5) is 10.1 Å². The molecule has 2 aromatic carbocycles. The zero-order chi connectivity index (χ0) is 26.2. The number of aryl methyl sites for hydroxylation is 4. The van der Waals surface area contributed by atoms with Gasteiger partial charge in [-0.3, -0.25) is 4.98 Å². The number of halogens is 1. The SMILES string of the molecule is Cc1cc(C)c2cc(N3CCC4(C=C(c5c(-c6c(C)cc(F)cc6C)noc5C5CC5)C4)CC3)ccc2n1. The Kier molecular flexibility index (Phi) is 5.30. The van der Waals surface area contributed by atoms with E-state index in [1.165, 1.54) is 27.8 Å². The lowest BCUT2D eigenvalue weighted by Crippen LogP contribution is -2.42. The number of fused-ring (bicyclic) bond motifs is 1. The predicted octanol–water partition coefficient (Wildman–Crippen LogP) is 8.21. The summed E-state index contributed by atoms with van der Waals surface area (Å²) >= 11 is 0. The number of allylic oxidation sites excluding steroid dienone is 2. The topological polar surface area (TPSA) is 42.2 Å². The molecule has 7 rings (SSSR count). The molecule has 3 aliphatic rings. The molecule has 1 saturated heterocycles. The Morgan fingerprint density at radius 2 is 1.63 bits per heavy atom. The van der Waals surface area contributed by atoms with Gasteiger partial charge in [0.2, 0.25) is 0 Å². The number of nitrogens with zero attached hydrogens (tertiary/aromatic N) is 3. The molecule has 1 aliphatic heterocycles. The minimum absolute atomic E-state index is 0.197. The highest BCUT2D eigenvalue weighted by Crippen LogP contribution is 2.56. The van der Waals surface area contributed by atoms with Crippen molar-refractivity contribution in [1.82, 2.24) is 10.1 Å². The second-order valence-electron chi connectivity index (χ2n) is 11.9. The maximum atomic E-state index is 14.0. The van der Waals surface area contributed by atoms with Gasteiger partial charge in [0.25, 0.3) is 0 Å². The second kappa shape index (κ2) is 8.52. The minimum atomic E-state index is -0.197. The third-order valence-electron chi connectivity index (χ3n) is 9.00. The standard InChI is InChI=1S/C33H34FN3O/c1-19-13-22(4)35-28-8-7-26(16-27(19)28)37-11-9-33(10-12-37)17-24(18-33)30-31(36-38-32(30)23-5-6-23)29-20(2)14-25(34)15-21(29)3/h7-8,13-17,23H,5-6,9-12,18H2,1-4H3. The molecular weight excluding hydrogens is 473 g/mol. The van der Waals surface area contributed by atoms with Crippen LogP contribution in [0.15, 0.2) is 47.0 Å². The van der Waals surface area contributed by atoms with E-state index in [9.17, 15) is 4.39 Å². The molecule has 194 valence electrons. The predicted molar refractivity (Wildman–Crippen MR) is 151 cm³/mol. The molecule has 0 atom stereocenters. The van der Waals surface area contributed by atoms with Gasteiger partial charge in [-0.25, -0.2) is 4.39 Å². The Bertz CT molecular complexity index is 1600. The third kappa shape index (κ3) is 3.86. The summed E-state index contributed by atoms with van der Waals surface area (Å²) in [4.78, 5) is 7.24. The van der Waals surface area contributed by atoms with Gasteiger partial charge < -0.3 is 9.42 Å². The van der Waals surface area contributed by atoms with Crippen molar-refractivity contribution in [3.63, 3.8) is 0 Å². The van der Waals surface area contributed by atoms with Crippen molar-refractivity contribution in [2.24, 2.45) is 5.41 Å². The first kappa shape index (κ1) is 23.6. The summed E-state index contributed by atoms with van der Waals surface area (Å²) in [5, 5.41) is 5.82. The summed E-state index contributed by atoms with van der Waals surface area (Å²) < 4.78 is 20.0. The first-order valence-electron chi connectivity index (χ1n) is 13.9. The van der Waals surface area contributed by atoms with Gasteiger partial charge in [-0.2, -0.15) is 0 Å². The van der Waals surface area contributed by atoms with Gasteiger partial charge in [0.05, 0.1) is 5.52 Å². The molecule has 3 heterocycles. The van der Waals surface area contributed by atoms with Crippen LogP contribution < -0.4 is 4.90 Å². The largest absolute Gasteiger partial charge is 0.371 e. The van der Waals surface area contributed by atoms with Gasteiger partial charge in [0.1, 0.15) is 17.3 Å². The number of hydrogen-bond donors (Lipinski definition) is 0. The zero-order valence-corrected chi connectivity index (χ0v) is 22.7. The Labute approximate surface area is 223 Å². The first-order chi connectivity index (χ1) is 18.3. The Morgan fingerprint density at radius 3 is 2.32 bits per heavy atom. The Morgan fingerprint density at radius 1 is 0.921 bits per heavy atom. The van der Waals surface area contributed by atoms with Gasteiger partial charge in [-0.05, 0) is 124 Å². The van der Waals surface area contributed by atoms with Crippen LogP contribution in [0.2, 0.25) is 0 Å². The van der Waals surface area contributed by atoms with Crippen molar-refractivity contribution in [3.8, 4) is 11.3 Å². The number of rotatable bonds is 4. The average Bonchev–Trinajstić information content (AvgIpc) is 3.62. The van der Waals surface area contributed by atoms with E-state index in [-0.39, 0.29) is 11.2 Å². The van der Waals surface area contributed by atoms with Crippen molar-refractivity contribution in [3.05, 3.63) is 82.0 Å². The fourth-order valence-electron chi connectivity index (χ4n) is 6.85. The fraction of sp³-hybridized carbons (Fsp3) is 0.394. The summed E-state index contributed by atoms with van der Waals surface area (Å²) in [6.45, 7) is 10.3. The van der Waals surface area contributed by atoms with Crippen molar-refractivity contribution in [2.45, 2.75) is 65.7 Å². The van der Waals surface area contributed by atoms with Crippen LogP contribution in [0.5, 0.6) is 0 Å². The average molecular weight is 508 g/mol. The van der Waals surface area contributed by atoms with Crippen molar-refractivity contribution in [2.75, 3.05) is 18.0 Å². The van der Waals surface area contributed by atoms with E-state index in [0.29, 0.717) is 5.92 Å². The maximum absolute atomic E-state index is 14.0. The highest BCUT2D eigenvalue weighted by Gasteiger charge is 2.44. The number of anilines is 1. The number of hydrogen-bond acceptors (Lipinski definition) is 4. The number of aromatic nitrogens is 2. The van der Waals surface area contributed by atoms with Gasteiger partial charge in [-0.1, -0.05) is 11.2 Å². The zero-order valence-electron chi connectivity index (χ0n) is 22.7. The van der Waals surface area contributed by atoms with Gasteiger partial charge in [0.15, 0.2) is 0 Å². The van der Waals surface area contributed by atoms with Crippen molar-refractivity contribution < 1.29 is 8.91 Å². The van der Waals surface area contributed by atoms with E-state index in [2.05, 4.69) is 54.2 Å². The summed E-state index contributed by atoms with van der Waals surface area (Å²) in [5.41, 5.74) is 11.3. The smallest absolute Gasteiger partial charge is 0.147 e. The Balaban J connectivity index is 1.16. The lowest BCUT2D eigenvalue weighted by molar-refractivity contribution is 0.277. The second-order valence-corrected chi connectivity index (χ2v) is 11.9. The lowest BCUT2D eigenvalue weighted by atomic mass is 9.63. The molecule has 0 amide bonds. The molecule has 38 heavy (non-hydrogen) atoms. The van der Waals surface area contributed by atoms with Crippen LogP contribution in [0.25, 0.3) is 27.7 Å².